The number of nitrogens with zero attached hydrogens (tertiary/aromatic N) is 1. The van der Waals surface area contributed by atoms with Crippen LogP contribution in [0.3, 0.4) is 0 Å². The van der Waals surface area contributed by atoms with Crippen LogP contribution in [0.1, 0.15) is 11.1 Å². The summed E-state index contributed by atoms with van der Waals surface area (Å²) in [7, 11) is 0. The van der Waals surface area contributed by atoms with Crippen molar-refractivity contribution in [3.05, 3.63) is 62.1 Å². The number of aliphatic hydroxyl groups is 1. The van der Waals surface area contributed by atoms with E-state index in [-0.39, 0.29) is 12.3 Å². The maximum atomic E-state index is 10.8. The van der Waals surface area contributed by atoms with Gasteiger partial charge in [0.15, 0.2) is 0 Å². The molecule has 0 aliphatic carbocycles. The minimum absolute atomic E-state index is 0.0500. The molecule has 6 heteroatoms. The SMILES string of the molecule is Cc1cc(Oc2cc(Br)ccc2CO)ccc1[N+](=O)[O-]. The second-order valence-corrected chi connectivity index (χ2v) is 5.13. The first kappa shape index (κ1) is 14.5. The zero-order chi connectivity index (χ0) is 14.7. The lowest BCUT2D eigenvalue weighted by atomic mass is 10.2. The van der Waals surface area contributed by atoms with E-state index < -0.39 is 4.92 Å². The number of hydrogen-bond donors (Lipinski definition) is 1. The van der Waals surface area contributed by atoms with E-state index in [0.29, 0.717) is 22.6 Å². The third-order valence-electron chi connectivity index (χ3n) is 2.79. The predicted octanol–water partition coefficient (Wildman–Crippen LogP) is 3.95. The molecular weight excluding hydrogens is 326 g/mol. The molecule has 0 saturated carbocycles. The quantitative estimate of drug-likeness (QED) is 0.677. The number of ether oxygens (including phenoxy) is 1. The van der Waals surface area contributed by atoms with Crippen molar-refractivity contribution in [2.24, 2.45) is 0 Å². The fourth-order valence-electron chi connectivity index (χ4n) is 1.78. The van der Waals surface area contributed by atoms with Gasteiger partial charge in [0.25, 0.3) is 5.69 Å². The van der Waals surface area contributed by atoms with Gasteiger partial charge >= 0.3 is 0 Å². The van der Waals surface area contributed by atoms with Gasteiger partial charge in [0.05, 0.1) is 11.5 Å². The monoisotopic (exact) mass is 337 g/mol. The minimum atomic E-state index is -0.433. The fraction of sp³-hybridized carbons (Fsp3) is 0.143. The van der Waals surface area contributed by atoms with Crippen molar-refractivity contribution >= 4 is 21.6 Å². The lowest BCUT2D eigenvalue weighted by molar-refractivity contribution is -0.385. The number of aryl methyl sites for hydroxylation is 1. The molecule has 2 aromatic rings. The molecule has 0 unspecified atom stereocenters. The zero-order valence-electron chi connectivity index (χ0n) is 10.7. The van der Waals surface area contributed by atoms with Crippen LogP contribution in [-0.2, 0) is 6.61 Å². The van der Waals surface area contributed by atoms with Crippen LogP contribution in [0.5, 0.6) is 11.5 Å². The number of nitro groups is 1. The molecular formula is C14H12BrNO4. The normalized spacial score (nSPS) is 10.3. The predicted molar refractivity (Wildman–Crippen MR) is 78.0 cm³/mol. The zero-order valence-corrected chi connectivity index (χ0v) is 12.3. The molecule has 0 heterocycles. The Balaban J connectivity index is 2.33. The van der Waals surface area contributed by atoms with Crippen molar-refractivity contribution in [3.63, 3.8) is 0 Å². The lowest BCUT2D eigenvalue weighted by Gasteiger charge is -2.10. The van der Waals surface area contributed by atoms with Crippen LogP contribution in [-0.4, -0.2) is 10.0 Å². The Labute approximate surface area is 124 Å². The number of hydrogen-bond acceptors (Lipinski definition) is 4. The Morgan fingerprint density at radius 2 is 2.05 bits per heavy atom. The molecule has 2 rings (SSSR count). The van der Waals surface area contributed by atoms with E-state index in [1.54, 1.807) is 31.2 Å². The number of rotatable bonds is 4. The number of aliphatic hydroxyl groups excluding tert-OH is 1. The van der Waals surface area contributed by atoms with Gasteiger partial charge in [0.2, 0.25) is 0 Å². The summed E-state index contributed by atoms with van der Waals surface area (Å²) >= 11 is 3.33. The molecule has 1 N–H and O–H groups in total. The standard InChI is InChI=1S/C14H12BrNO4/c1-9-6-12(4-5-13(9)16(18)19)20-14-7-11(15)3-2-10(14)8-17/h2-7,17H,8H2,1H3. The molecule has 20 heavy (non-hydrogen) atoms. The molecule has 5 nitrogen and oxygen atoms in total. The van der Waals surface area contributed by atoms with Crippen molar-refractivity contribution in [1.82, 2.24) is 0 Å². The van der Waals surface area contributed by atoms with Crippen molar-refractivity contribution < 1.29 is 14.8 Å². The number of halogens is 1. The topological polar surface area (TPSA) is 72.6 Å². The van der Waals surface area contributed by atoms with Crippen molar-refractivity contribution in [2.45, 2.75) is 13.5 Å². The van der Waals surface area contributed by atoms with Gasteiger partial charge in [-0.05, 0) is 31.2 Å². The largest absolute Gasteiger partial charge is 0.457 e. The first-order valence-electron chi connectivity index (χ1n) is 5.83. The minimum Gasteiger partial charge on any atom is -0.457 e. The van der Waals surface area contributed by atoms with E-state index in [1.807, 2.05) is 0 Å². The van der Waals surface area contributed by atoms with Crippen LogP contribution < -0.4 is 4.74 Å². The highest BCUT2D eigenvalue weighted by atomic mass is 79.9. The molecule has 0 spiro atoms. The molecule has 104 valence electrons. The highest BCUT2D eigenvalue weighted by Crippen LogP contribution is 2.31. The summed E-state index contributed by atoms with van der Waals surface area (Å²) in [6.45, 7) is 1.51. The van der Waals surface area contributed by atoms with Crippen molar-refractivity contribution in [1.29, 1.82) is 0 Å². The summed E-state index contributed by atoms with van der Waals surface area (Å²) in [5.74, 6) is 0.996. The van der Waals surface area contributed by atoms with Gasteiger partial charge in [-0.1, -0.05) is 22.0 Å². The van der Waals surface area contributed by atoms with E-state index in [2.05, 4.69) is 15.9 Å². The van der Waals surface area contributed by atoms with Crippen LogP contribution in [0.4, 0.5) is 5.69 Å². The smallest absolute Gasteiger partial charge is 0.272 e. The van der Waals surface area contributed by atoms with Crippen LogP contribution in [0, 0.1) is 17.0 Å². The molecule has 0 bridgehead atoms. The number of nitro benzene ring substituents is 1. The summed E-state index contributed by atoms with van der Waals surface area (Å²) in [5, 5.41) is 20.0. The molecule has 0 aliphatic rings. The Bertz CT molecular complexity index is 658. The maximum Gasteiger partial charge on any atom is 0.272 e. The molecule has 0 radical (unpaired) electrons. The Kier molecular flexibility index (Phi) is 4.36. The second kappa shape index (κ2) is 6.02. The summed E-state index contributed by atoms with van der Waals surface area (Å²) < 4.78 is 6.51. The van der Waals surface area contributed by atoms with Gasteiger partial charge in [-0.25, -0.2) is 0 Å². The van der Waals surface area contributed by atoms with Crippen LogP contribution in [0.15, 0.2) is 40.9 Å². The fourth-order valence-corrected chi connectivity index (χ4v) is 2.12. The molecule has 0 atom stereocenters. The molecule has 0 aliphatic heterocycles. The van der Waals surface area contributed by atoms with E-state index >= 15 is 0 Å². The Morgan fingerprint density at radius 1 is 1.30 bits per heavy atom. The van der Waals surface area contributed by atoms with Crippen molar-refractivity contribution in [3.8, 4) is 11.5 Å². The number of benzene rings is 2. The Morgan fingerprint density at radius 3 is 2.65 bits per heavy atom. The highest BCUT2D eigenvalue weighted by Gasteiger charge is 2.12. The van der Waals surface area contributed by atoms with Gasteiger partial charge in [-0.3, -0.25) is 10.1 Å². The van der Waals surface area contributed by atoms with Gasteiger partial charge in [-0.15, -0.1) is 0 Å². The van der Waals surface area contributed by atoms with Gasteiger partial charge in [-0.2, -0.15) is 0 Å². The first-order valence-corrected chi connectivity index (χ1v) is 6.62. The van der Waals surface area contributed by atoms with Gasteiger partial charge in [0, 0.05) is 21.7 Å². The Hall–Kier alpha value is -1.92. The average Bonchev–Trinajstić information content (AvgIpc) is 2.38. The summed E-state index contributed by atoms with van der Waals surface area (Å²) in [4.78, 5) is 10.3. The third kappa shape index (κ3) is 3.15. The molecule has 0 saturated heterocycles. The van der Waals surface area contributed by atoms with E-state index in [0.717, 1.165) is 4.47 Å². The highest BCUT2D eigenvalue weighted by molar-refractivity contribution is 9.10. The summed E-state index contributed by atoms with van der Waals surface area (Å²) in [5.41, 5.74) is 1.21. The third-order valence-corrected chi connectivity index (χ3v) is 3.29. The van der Waals surface area contributed by atoms with Crippen molar-refractivity contribution in [2.75, 3.05) is 0 Å². The maximum absolute atomic E-state index is 10.8. The molecule has 0 aromatic heterocycles. The van der Waals surface area contributed by atoms with E-state index in [4.69, 9.17) is 4.74 Å². The lowest BCUT2D eigenvalue weighted by Crippen LogP contribution is -1.94. The van der Waals surface area contributed by atoms with Crippen LogP contribution in [0.2, 0.25) is 0 Å². The molecule has 0 fully saturated rings. The summed E-state index contributed by atoms with van der Waals surface area (Å²) in [6, 6.07) is 9.83. The second-order valence-electron chi connectivity index (χ2n) is 4.22. The van der Waals surface area contributed by atoms with Gasteiger partial charge in [0.1, 0.15) is 11.5 Å². The van der Waals surface area contributed by atoms with Gasteiger partial charge < -0.3 is 9.84 Å². The van der Waals surface area contributed by atoms with E-state index in [9.17, 15) is 15.2 Å². The summed E-state index contributed by atoms with van der Waals surface area (Å²) in [6.07, 6.45) is 0. The molecule has 2 aromatic carbocycles. The first-order chi connectivity index (χ1) is 9.51. The van der Waals surface area contributed by atoms with E-state index in [1.165, 1.54) is 12.1 Å². The van der Waals surface area contributed by atoms with Crippen LogP contribution in [0.25, 0.3) is 0 Å². The average molecular weight is 338 g/mol. The van der Waals surface area contributed by atoms with Crippen LogP contribution >= 0.6 is 15.9 Å². The molecule has 0 amide bonds.